The molecule has 0 atom stereocenters. The molecule has 2 nitrogen and oxygen atoms in total. The molecule has 0 fully saturated rings. The molecule has 0 saturated heterocycles. The summed E-state index contributed by atoms with van der Waals surface area (Å²) in [6.07, 6.45) is 4.04. The van der Waals surface area contributed by atoms with Gasteiger partial charge in [0.05, 0.1) is 0 Å². The number of hydrogen-bond acceptors (Lipinski definition) is 2. The number of nitrogens with zero attached hydrogens (tertiary/aromatic N) is 1. The summed E-state index contributed by atoms with van der Waals surface area (Å²) >= 11 is 0. The van der Waals surface area contributed by atoms with Gasteiger partial charge >= 0.3 is 0 Å². The summed E-state index contributed by atoms with van der Waals surface area (Å²) < 4.78 is 0. The average molecular weight is 281 g/mol. The lowest BCUT2D eigenvalue weighted by atomic mass is 9.82. The SMILES string of the molecule is CC(C)c1c(-c2ccnc(O)c2)ccc2c1CCC2(C)C. The highest BCUT2D eigenvalue weighted by molar-refractivity contribution is 5.72. The molecule has 3 rings (SSSR count). The van der Waals surface area contributed by atoms with E-state index in [9.17, 15) is 5.11 Å². The fourth-order valence-corrected chi connectivity index (χ4v) is 3.64. The van der Waals surface area contributed by atoms with E-state index in [0.29, 0.717) is 5.92 Å². The highest BCUT2D eigenvalue weighted by atomic mass is 16.3. The average Bonchev–Trinajstić information content (AvgIpc) is 2.73. The van der Waals surface area contributed by atoms with E-state index in [1.54, 1.807) is 12.3 Å². The minimum absolute atomic E-state index is 0.0861. The molecule has 0 spiro atoms. The van der Waals surface area contributed by atoms with Gasteiger partial charge in [0, 0.05) is 12.3 Å². The van der Waals surface area contributed by atoms with E-state index in [2.05, 4.69) is 44.8 Å². The third kappa shape index (κ3) is 2.33. The molecule has 1 aromatic heterocycles. The van der Waals surface area contributed by atoms with Crippen LogP contribution in [-0.2, 0) is 11.8 Å². The monoisotopic (exact) mass is 281 g/mol. The quantitative estimate of drug-likeness (QED) is 0.857. The van der Waals surface area contributed by atoms with Crippen molar-refractivity contribution < 1.29 is 5.11 Å². The maximum absolute atomic E-state index is 9.67. The zero-order valence-electron chi connectivity index (χ0n) is 13.3. The molecule has 0 saturated carbocycles. The number of aromatic hydroxyl groups is 1. The van der Waals surface area contributed by atoms with E-state index in [4.69, 9.17) is 0 Å². The molecule has 0 aliphatic heterocycles. The molecule has 1 aliphatic carbocycles. The standard InChI is InChI=1S/C19H23NO/c1-12(2)18-14(13-8-10-20-17(21)11-13)5-6-16-15(18)7-9-19(16,3)4/h5-6,8,10-12H,7,9H2,1-4H3,(H,20,21). The molecular weight excluding hydrogens is 258 g/mol. The van der Waals surface area contributed by atoms with Crippen molar-refractivity contribution in [3.63, 3.8) is 0 Å². The summed E-state index contributed by atoms with van der Waals surface area (Å²) in [5.41, 5.74) is 7.01. The largest absolute Gasteiger partial charge is 0.493 e. The van der Waals surface area contributed by atoms with Crippen molar-refractivity contribution in [1.29, 1.82) is 0 Å². The molecule has 1 aromatic carbocycles. The summed E-state index contributed by atoms with van der Waals surface area (Å²) in [6.45, 7) is 9.18. The van der Waals surface area contributed by atoms with Crippen molar-refractivity contribution >= 4 is 0 Å². The lowest BCUT2D eigenvalue weighted by molar-refractivity contribution is 0.454. The van der Waals surface area contributed by atoms with Gasteiger partial charge in [-0.2, -0.15) is 0 Å². The van der Waals surface area contributed by atoms with Crippen LogP contribution in [0.25, 0.3) is 11.1 Å². The van der Waals surface area contributed by atoms with Crippen LogP contribution in [0.3, 0.4) is 0 Å². The third-order valence-electron chi connectivity index (χ3n) is 4.72. The van der Waals surface area contributed by atoms with E-state index in [0.717, 1.165) is 12.0 Å². The lowest BCUT2D eigenvalue weighted by Crippen LogP contribution is -2.12. The Morgan fingerprint density at radius 2 is 1.95 bits per heavy atom. The van der Waals surface area contributed by atoms with Crippen molar-refractivity contribution in [1.82, 2.24) is 4.98 Å². The Hall–Kier alpha value is -1.83. The molecule has 110 valence electrons. The van der Waals surface area contributed by atoms with E-state index in [1.165, 1.54) is 28.7 Å². The molecule has 2 aromatic rings. The van der Waals surface area contributed by atoms with Gasteiger partial charge in [-0.3, -0.25) is 0 Å². The summed E-state index contributed by atoms with van der Waals surface area (Å²) in [5.74, 6) is 0.558. The van der Waals surface area contributed by atoms with Crippen molar-refractivity contribution in [3.8, 4) is 17.0 Å². The van der Waals surface area contributed by atoms with Crippen LogP contribution in [0.15, 0.2) is 30.5 Å². The second-order valence-electron chi connectivity index (χ2n) is 6.99. The Labute approximate surface area is 126 Å². The molecular formula is C19H23NO. The van der Waals surface area contributed by atoms with Gasteiger partial charge in [0.25, 0.3) is 0 Å². The number of fused-ring (bicyclic) bond motifs is 1. The van der Waals surface area contributed by atoms with Gasteiger partial charge in [-0.1, -0.05) is 39.8 Å². The summed E-state index contributed by atoms with van der Waals surface area (Å²) in [5, 5.41) is 9.67. The minimum atomic E-state index is 0.0861. The van der Waals surface area contributed by atoms with Gasteiger partial charge in [-0.15, -0.1) is 0 Å². The van der Waals surface area contributed by atoms with Gasteiger partial charge in [0.2, 0.25) is 5.88 Å². The Kier molecular flexibility index (Phi) is 3.27. The predicted octanol–water partition coefficient (Wildman–Crippen LogP) is 4.80. The first-order chi connectivity index (χ1) is 9.90. The second-order valence-corrected chi connectivity index (χ2v) is 6.99. The van der Waals surface area contributed by atoms with Gasteiger partial charge in [0.1, 0.15) is 0 Å². The van der Waals surface area contributed by atoms with E-state index in [1.807, 2.05) is 6.07 Å². The van der Waals surface area contributed by atoms with Gasteiger partial charge in [0.15, 0.2) is 0 Å². The van der Waals surface area contributed by atoms with Crippen LogP contribution in [0.1, 0.15) is 56.7 Å². The van der Waals surface area contributed by atoms with Crippen molar-refractivity contribution in [2.75, 3.05) is 0 Å². The number of pyridine rings is 1. The van der Waals surface area contributed by atoms with Crippen LogP contribution in [0.4, 0.5) is 0 Å². The van der Waals surface area contributed by atoms with E-state index in [-0.39, 0.29) is 11.3 Å². The van der Waals surface area contributed by atoms with Crippen LogP contribution >= 0.6 is 0 Å². The van der Waals surface area contributed by atoms with Crippen LogP contribution in [0.2, 0.25) is 0 Å². The summed E-state index contributed by atoms with van der Waals surface area (Å²) in [7, 11) is 0. The Morgan fingerprint density at radius 3 is 2.62 bits per heavy atom. The molecule has 0 radical (unpaired) electrons. The molecule has 1 aliphatic rings. The second kappa shape index (κ2) is 4.87. The van der Waals surface area contributed by atoms with Crippen LogP contribution in [0.5, 0.6) is 5.88 Å². The molecule has 2 heteroatoms. The van der Waals surface area contributed by atoms with E-state index >= 15 is 0 Å². The van der Waals surface area contributed by atoms with Gasteiger partial charge in [-0.05, 0) is 58.1 Å². The van der Waals surface area contributed by atoms with E-state index < -0.39 is 0 Å². The fraction of sp³-hybridized carbons (Fsp3) is 0.421. The van der Waals surface area contributed by atoms with Crippen molar-refractivity contribution in [2.24, 2.45) is 0 Å². The molecule has 1 N–H and O–H groups in total. The number of aromatic nitrogens is 1. The van der Waals surface area contributed by atoms with Crippen molar-refractivity contribution in [2.45, 2.75) is 51.9 Å². The highest BCUT2D eigenvalue weighted by Crippen LogP contribution is 2.45. The minimum Gasteiger partial charge on any atom is -0.493 e. The summed E-state index contributed by atoms with van der Waals surface area (Å²) in [6, 6.07) is 8.23. The van der Waals surface area contributed by atoms with Crippen LogP contribution < -0.4 is 0 Å². The normalized spacial score (nSPS) is 16.2. The zero-order chi connectivity index (χ0) is 15.2. The number of rotatable bonds is 2. The molecule has 0 unspecified atom stereocenters. The van der Waals surface area contributed by atoms with Crippen molar-refractivity contribution in [3.05, 3.63) is 47.2 Å². The first kappa shape index (κ1) is 14.1. The Balaban J connectivity index is 2.24. The lowest BCUT2D eigenvalue weighted by Gasteiger charge is -2.22. The molecule has 0 bridgehead atoms. The Bertz CT molecular complexity index is 686. The maximum Gasteiger partial charge on any atom is 0.211 e. The number of benzene rings is 1. The van der Waals surface area contributed by atoms with Gasteiger partial charge < -0.3 is 5.11 Å². The smallest absolute Gasteiger partial charge is 0.211 e. The van der Waals surface area contributed by atoms with Crippen LogP contribution in [-0.4, -0.2) is 10.1 Å². The van der Waals surface area contributed by atoms with Gasteiger partial charge in [-0.25, -0.2) is 4.98 Å². The molecule has 0 amide bonds. The fourth-order valence-electron chi connectivity index (χ4n) is 3.64. The first-order valence-electron chi connectivity index (χ1n) is 7.72. The summed E-state index contributed by atoms with van der Waals surface area (Å²) in [4.78, 5) is 3.89. The third-order valence-corrected chi connectivity index (χ3v) is 4.72. The first-order valence-corrected chi connectivity index (χ1v) is 7.72. The zero-order valence-corrected chi connectivity index (χ0v) is 13.3. The Morgan fingerprint density at radius 1 is 1.19 bits per heavy atom. The topological polar surface area (TPSA) is 33.1 Å². The van der Waals surface area contributed by atoms with Crippen LogP contribution in [0, 0.1) is 0 Å². The molecule has 1 heterocycles. The molecule has 21 heavy (non-hydrogen) atoms. The highest BCUT2D eigenvalue weighted by Gasteiger charge is 2.32. The maximum atomic E-state index is 9.67. The predicted molar refractivity (Wildman–Crippen MR) is 86.8 cm³/mol. The number of hydrogen-bond donors (Lipinski definition) is 1.